The first-order chi connectivity index (χ1) is 11.2. The molecule has 2 saturated heterocycles. The molecule has 0 saturated carbocycles. The number of nitrogens with one attached hydrogen (secondary N) is 2. The number of carboxylic acids is 1. The van der Waals surface area contributed by atoms with E-state index in [0.717, 1.165) is 50.1 Å². The van der Waals surface area contributed by atoms with Crippen molar-refractivity contribution < 1.29 is 9.90 Å². The largest absolute Gasteiger partial charge is 0.481 e. The topological polar surface area (TPSA) is 107 Å². The molecule has 2 aromatic rings. The maximum absolute atomic E-state index is 11.1. The van der Waals surface area contributed by atoms with E-state index in [0.29, 0.717) is 12.2 Å². The number of hydrogen-bond acceptors (Lipinski definition) is 6. The van der Waals surface area contributed by atoms with Crippen LogP contribution >= 0.6 is 0 Å². The van der Waals surface area contributed by atoms with Gasteiger partial charge in [0.1, 0.15) is 11.8 Å². The average Bonchev–Trinajstić information content (AvgIpc) is 3.05. The molecule has 3 N–H and O–H groups in total. The van der Waals surface area contributed by atoms with Crippen molar-refractivity contribution >= 4 is 23.0 Å². The van der Waals surface area contributed by atoms with E-state index >= 15 is 0 Å². The van der Waals surface area contributed by atoms with Gasteiger partial charge >= 0.3 is 5.97 Å². The van der Waals surface area contributed by atoms with Crippen molar-refractivity contribution in [2.75, 3.05) is 24.5 Å². The van der Waals surface area contributed by atoms with Crippen LogP contribution in [0.1, 0.15) is 25.7 Å². The number of rotatable bonds is 2. The lowest BCUT2D eigenvalue weighted by molar-refractivity contribution is -0.142. The molecule has 2 aliphatic rings. The number of H-pyrrole nitrogens is 1. The zero-order chi connectivity index (χ0) is 15.9. The molecule has 4 heterocycles. The van der Waals surface area contributed by atoms with Crippen LogP contribution in [-0.2, 0) is 4.79 Å². The number of aromatic amines is 1. The molecule has 4 rings (SSSR count). The molecule has 8 nitrogen and oxygen atoms in total. The number of anilines is 1. The Morgan fingerprint density at radius 2 is 2.09 bits per heavy atom. The number of aliphatic carboxylic acids is 1. The van der Waals surface area contributed by atoms with Crippen molar-refractivity contribution in [3.8, 4) is 0 Å². The normalized spacial score (nSPS) is 24.2. The van der Waals surface area contributed by atoms with E-state index in [1.54, 1.807) is 12.7 Å². The first-order valence-electron chi connectivity index (χ1n) is 8.04. The van der Waals surface area contributed by atoms with Crippen LogP contribution in [-0.4, -0.2) is 56.2 Å². The van der Waals surface area contributed by atoms with Gasteiger partial charge in [-0.05, 0) is 25.7 Å². The minimum Gasteiger partial charge on any atom is -0.481 e. The smallest absolute Gasteiger partial charge is 0.307 e. The molecule has 1 unspecified atom stereocenters. The van der Waals surface area contributed by atoms with Crippen LogP contribution in [0.5, 0.6) is 0 Å². The summed E-state index contributed by atoms with van der Waals surface area (Å²) in [7, 11) is 0. The number of carbonyl (C=O) groups is 1. The molecule has 1 atom stereocenters. The Hall–Kier alpha value is -2.22. The summed E-state index contributed by atoms with van der Waals surface area (Å²) in [5.74, 6) is -0.0286. The van der Waals surface area contributed by atoms with Crippen LogP contribution in [0.2, 0.25) is 0 Å². The highest BCUT2D eigenvalue weighted by molar-refractivity contribution is 5.82. The lowest BCUT2D eigenvalue weighted by Crippen LogP contribution is -2.58. The van der Waals surface area contributed by atoms with Crippen LogP contribution in [0.15, 0.2) is 12.7 Å². The highest BCUT2D eigenvalue weighted by atomic mass is 16.4. The van der Waals surface area contributed by atoms with Gasteiger partial charge in [-0.15, -0.1) is 0 Å². The number of hydrogen-bond donors (Lipinski definition) is 3. The van der Waals surface area contributed by atoms with Gasteiger partial charge in [-0.1, -0.05) is 0 Å². The summed E-state index contributed by atoms with van der Waals surface area (Å²) >= 11 is 0. The Kier molecular flexibility index (Phi) is 3.41. The number of nitrogens with zero attached hydrogens (tertiary/aromatic N) is 4. The third-order valence-corrected chi connectivity index (χ3v) is 5.27. The molecular formula is C15H20N6O2. The highest BCUT2D eigenvalue weighted by Gasteiger charge is 2.39. The molecule has 2 aromatic heterocycles. The second-order valence-corrected chi connectivity index (χ2v) is 6.52. The minimum absolute atomic E-state index is 0.0859. The van der Waals surface area contributed by atoms with Gasteiger partial charge in [0.05, 0.1) is 12.2 Å². The molecule has 23 heavy (non-hydrogen) atoms. The SMILES string of the molecule is O=C(O)C1CCC2(CCN(c3ncnc4nc[nH]c34)CC2)NC1. The Balaban J connectivity index is 1.45. The summed E-state index contributed by atoms with van der Waals surface area (Å²) in [6.45, 7) is 2.37. The fourth-order valence-corrected chi connectivity index (χ4v) is 3.76. The van der Waals surface area contributed by atoms with Crippen molar-refractivity contribution in [2.45, 2.75) is 31.2 Å². The van der Waals surface area contributed by atoms with E-state index in [1.165, 1.54) is 0 Å². The Morgan fingerprint density at radius 1 is 1.26 bits per heavy atom. The van der Waals surface area contributed by atoms with Crippen molar-refractivity contribution in [1.29, 1.82) is 0 Å². The van der Waals surface area contributed by atoms with Gasteiger partial charge in [0, 0.05) is 25.2 Å². The highest BCUT2D eigenvalue weighted by Crippen LogP contribution is 2.34. The van der Waals surface area contributed by atoms with Gasteiger partial charge in [0.15, 0.2) is 11.5 Å². The Labute approximate surface area is 133 Å². The predicted molar refractivity (Wildman–Crippen MR) is 84.2 cm³/mol. The summed E-state index contributed by atoms with van der Waals surface area (Å²) in [6, 6.07) is 0. The van der Waals surface area contributed by atoms with Crippen LogP contribution in [0, 0.1) is 5.92 Å². The molecule has 0 bridgehead atoms. The van der Waals surface area contributed by atoms with Crippen LogP contribution in [0.4, 0.5) is 5.82 Å². The van der Waals surface area contributed by atoms with E-state index in [4.69, 9.17) is 5.11 Å². The molecule has 0 amide bonds. The minimum atomic E-state index is -0.688. The zero-order valence-electron chi connectivity index (χ0n) is 12.8. The van der Waals surface area contributed by atoms with Gasteiger partial charge in [0.2, 0.25) is 0 Å². The number of carboxylic acid groups (broad SMARTS) is 1. The first-order valence-corrected chi connectivity index (χ1v) is 8.04. The first kappa shape index (κ1) is 14.4. The van der Waals surface area contributed by atoms with Crippen LogP contribution < -0.4 is 10.2 Å². The predicted octanol–water partition coefficient (Wildman–Crippen LogP) is 0.776. The summed E-state index contributed by atoms with van der Waals surface area (Å²) in [5.41, 5.74) is 1.66. The number of aromatic nitrogens is 4. The maximum atomic E-state index is 11.1. The molecule has 2 fully saturated rings. The average molecular weight is 316 g/mol. The van der Waals surface area contributed by atoms with Gasteiger partial charge in [-0.2, -0.15) is 0 Å². The number of imidazole rings is 1. The Bertz CT molecular complexity index is 712. The molecule has 0 aromatic carbocycles. The summed E-state index contributed by atoms with van der Waals surface area (Å²) in [5, 5.41) is 12.6. The monoisotopic (exact) mass is 316 g/mol. The third-order valence-electron chi connectivity index (χ3n) is 5.27. The lowest BCUT2D eigenvalue weighted by atomic mass is 9.77. The van der Waals surface area contributed by atoms with Crippen molar-refractivity contribution in [3.63, 3.8) is 0 Å². The zero-order valence-corrected chi connectivity index (χ0v) is 12.8. The number of fused-ring (bicyclic) bond motifs is 1. The molecule has 8 heteroatoms. The molecule has 1 spiro atoms. The summed E-state index contributed by atoms with van der Waals surface area (Å²) in [6.07, 6.45) is 6.89. The van der Waals surface area contributed by atoms with E-state index < -0.39 is 5.97 Å². The van der Waals surface area contributed by atoms with Crippen molar-refractivity contribution in [2.24, 2.45) is 5.92 Å². The van der Waals surface area contributed by atoms with E-state index in [-0.39, 0.29) is 11.5 Å². The van der Waals surface area contributed by atoms with Gasteiger partial charge in [-0.3, -0.25) is 4.79 Å². The third kappa shape index (κ3) is 2.52. The molecule has 122 valence electrons. The van der Waals surface area contributed by atoms with Gasteiger partial charge < -0.3 is 20.3 Å². The van der Waals surface area contributed by atoms with E-state index in [2.05, 4.69) is 30.2 Å². The van der Waals surface area contributed by atoms with Crippen LogP contribution in [0.3, 0.4) is 0 Å². The fourth-order valence-electron chi connectivity index (χ4n) is 3.76. The molecular weight excluding hydrogens is 296 g/mol. The molecule has 2 aliphatic heterocycles. The van der Waals surface area contributed by atoms with E-state index in [1.807, 2.05) is 0 Å². The maximum Gasteiger partial charge on any atom is 0.307 e. The van der Waals surface area contributed by atoms with Crippen LogP contribution in [0.25, 0.3) is 11.2 Å². The summed E-state index contributed by atoms with van der Waals surface area (Å²) < 4.78 is 0. The fraction of sp³-hybridized carbons (Fsp3) is 0.600. The van der Waals surface area contributed by atoms with Crippen molar-refractivity contribution in [1.82, 2.24) is 25.3 Å². The van der Waals surface area contributed by atoms with Gasteiger partial charge in [-0.25, -0.2) is 15.0 Å². The second-order valence-electron chi connectivity index (χ2n) is 6.52. The quantitative estimate of drug-likeness (QED) is 0.751. The second kappa shape index (κ2) is 5.45. The van der Waals surface area contributed by atoms with Gasteiger partial charge in [0.25, 0.3) is 0 Å². The Morgan fingerprint density at radius 3 is 2.78 bits per heavy atom. The van der Waals surface area contributed by atoms with Crippen molar-refractivity contribution in [3.05, 3.63) is 12.7 Å². The summed E-state index contributed by atoms with van der Waals surface area (Å²) in [4.78, 5) is 29.2. The van der Waals surface area contributed by atoms with E-state index in [9.17, 15) is 4.79 Å². The lowest BCUT2D eigenvalue weighted by Gasteiger charge is -2.46. The standard InChI is InChI=1S/C15H20N6O2/c22-14(23)10-1-2-15(20-7-10)3-5-21(6-4-15)13-11-12(17-8-16-11)18-9-19-13/h8-10,20H,1-7H2,(H,22,23)(H,16,17,18,19). The molecule has 0 radical (unpaired) electrons. The number of piperidine rings is 2. The molecule has 0 aliphatic carbocycles.